The second-order valence-corrected chi connectivity index (χ2v) is 9.24. The van der Waals surface area contributed by atoms with Crippen molar-refractivity contribution in [2.45, 2.75) is 7.43 Å². The Kier molecular flexibility index (Phi) is 17.8. The van der Waals surface area contributed by atoms with Crippen molar-refractivity contribution in [1.82, 2.24) is 0 Å². The summed E-state index contributed by atoms with van der Waals surface area (Å²) < 4.78 is 56.9. The third-order valence-corrected chi connectivity index (χ3v) is 7.22. The summed E-state index contributed by atoms with van der Waals surface area (Å²) in [6.45, 7) is -0.0879. The quantitative estimate of drug-likeness (QED) is 0.507. The van der Waals surface area contributed by atoms with Gasteiger partial charge in [-0.2, -0.15) is 0 Å². The van der Waals surface area contributed by atoms with Gasteiger partial charge in [0.25, 0.3) is 0 Å². The number of aliphatic hydroxyl groups excluding tert-OH is 3. The third-order valence-electron chi connectivity index (χ3n) is 3.08. The molecule has 0 aliphatic carbocycles. The van der Waals surface area contributed by atoms with Crippen LogP contribution in [-0.2, 0) is 27.2 Å². The van der Waals surface area contributed by atoms with E-state index in [1.165, 1.54) is 21.3 Å². The van der Waals surface area contributed by atoms with Crippen LogP contribution >= 0.6 is 15.2 Å². The number of aliphatic hydroxyl groups is 3. The molecule has 1 aliphatic heterocycles. The maximum atomic E-state index is 11.4. The standard InChI is InChI=1S/C6H15O5P.C5H11O4P.CH3F.CH4/c1-10-12(9,11-2)5-6(3-7)4-8;1-8-10(7)4-5(2-6)3-9-10;1-2;/h6-8H,3-5H2,1-2H3;5-6H,2-4H2,1H3;1H3;1H4/i;;1D;. The van der Waals surface area contributed by atoms with Crippen molar-refractivity contribution in [3.8, 4) is 0 Å². The van der Waals surface area contributed by atoms with E-state index in [0.717, 1.165) is 0 Å². The van der Waals surface area contributed by atoms with Gasteiger partial charge in [-0.3, -0.25) is 13.5 Å². The topological polar surface area (TPSA) is 132 Å². The highest BCUT2D eigenvalue weighted by Gasteiger charge is 2.35. The summed E-state index contributed by atoms with van der Waals surface area (Å²) in [4.78, 5) is 0. The van der Waals surface area contributed by atoms with E-state index >= 15 is 0 Å². The van der Waals surface area contributed by atoms with E-state index in [4.69, 9.17) is 21.2 Å². The van der Waals surface area contributed by atoms with Crippen LogP contribution in [0.1, 0.15) is 8.80 Å². The molecule has 1 rings (SSSR count). The molecule has 0 spiro atoms. The first-order valence-electron chi connectivity index (χ1n) is 7.61. The van der Waals surface area contributed by atoms with E-state index in [1.807, 2.05) is 0 Å². The van der Waals surface area contributed by atoms with Gasteiger partial charge in [-0.15, -0.1) is 0 Å². The highest BCUT2D eigenvalue weighted by atomic mass is 31.2. The summed E-state index contributed by atoms with van der Waals surface area (Å²) in [5, 5.41) is 26.0. The predicted molar refractivity (Wildman–Crippen MR) is 93.9 cm³/mol. The Morgan fingerprint density at radius 2 is 1.80 bits per heavy atom. The summed E-state index contributed by atoms with van der Waals surface area (Å²) in [7, 11) is -2.96. The van der Waals surface area contributed by atoms with Crippen molar-refractivity contribution < 1.29 is 48.3 Å². The molecule has 25 heavy (non-hydrogen) atoms. The third kappa shape index (κ3) is 12.2. The lowest BCUT2D eigenvalue weighted by Gasteiger charge is -2.17. The van der Waals surface area contributed by atoms with Gasteiger partial charge in [0.1, 0.15) is 0 Å². The molecule has 156 valence electrons. The molecule has 0 aromatic heterocycles. The van der Waals surface area contributed by atoms with Crippen LogP contribution < -0.4 is 0 Å². The molecule has 0 bridgehead atoms. The first kappa shape index (κ1) is 27.3. The molecular formula is C13H33FO9P2. The Bertz CT molecular complexity index is 405. The van der Waals surface area contributed by atoms with Crippen LogP contribution in [0.15, 0.2) is 0 Å². The van der Waals surface area contributed by atoms with Crippen molar-refractivity contribution >= 4 is 15.2 Å². The van der Waals surface area contributed by atoms with Crippen molar-refractivity contribution in [3.63, 3.8) is 0 Å². The van der Waals surface area contributed by atoms with Crippen molar-refractivity contribution in [1.29, 1.82) is 0 Å². The van der Waals surface area contributed by atoms with Gasteiger partial charge in [-0.1, -0.05) is 7.43 Å². The molecule has 1 aliphatic rings. The summed E-state index contributed by atoms with van der Waals surface area (Å²) in [5.41, 5.74) is 0. The molecular weight excluding hydrogens is 381 g/mol. The number of rotatable bonds is 8. The highest BCUT2D eigenvalue weighted by Crippen LogP contribution is 2.53. The molecule has 1 fully saturated rings. The SMILES string of the molecule is C.COP(=O)(CC(CO)CO)OC.COP1(=O)CC(CO)CO1.[2H]CF. The summed E-state index contributed by atoms with van der Waals surface area (Å²) >= 11 is 0. The van der Waals surface area contributed by atoms with Crippen molar-refractivity contribution in [3.05, 3.63) is 0 Å². The zero-order chi connectivity index (χ0) is 19.9. The van der Waals surface area contributed by atoms with Gasteiger partial charge in [-0.05, 0) is 0 Å². The Morgan fingerprint density at radius 3 is 2.04 bits per heavy atom. The minimum atomic E-state index is -3.09. The Morgan fingerprint density at radius 1 is 1.32 bits per heavy atom. The fourth-order valence-corrected chi connectivity index (χ4v) is 4.55. The molecule has 0 aromatic carbocycles. The Balaban J connectivity index is -0.000000344. The monoisotopic (exact) mass is 415 g/mol. The van der Waals surface area contributed by atoms with E-state index in [2.05, 4.69) is 13.6 Å². The average Bonchev–Trinajstić information content (AvgIpc) is 3.03. The lowest BCUT2D eigenvalue weighted by Crippen LogP contribution is -2.16. The molecule has 1 heterocycles. The van der Waals surface area contributed by atoms with E-state index in [0.29, 0.717) is 12.8 Å². The highest BCUT2D eigenvalue weighted by molar-refractivity contribution is 7.54. The minimum Gasteiger partial charge on any atom is -0.396 e. The zero-order valence-electron chi connectivity index (χ0n) is 15.2. The molecule has 0 saturated carbocycles. The normalized spacial score (nSPS) is 22.9. The van der Waals surface area contributed by atoms with Crippen molar-refractivity contribution in [2.24, 2.45) is 11.8 Å². The van der Waals surface area contributed by atoms with Crippen LogP contribution in [0.2, 0.25) is 0 Å². The molecule has 2 atom stereocenters. The Hall–Kier alpha value is 0.110. The van der Waals surface area contributed by atoms with Gasteiger partial charge < -0.3 is 33.4 Å². The van der Waals surface area contributed by atoms with E-state index in [-0.39, 0.29) is 39.3 Å². The van der Waals surface area contributed by atoms with E-state index < -0.39 is 28.3 Å². The molecule has 0 amide bonds. The van der Waals surface area contributed by atoms with E-state index in [9.17, 15) is 13.5 Å². The molecule has 9 nitrogen and oxygen atoms in total. The molecule has 1 saturated heterocycles. The summed E-state index contributed by atoms with van der Waals surface area (Å²) in [5.74, 6) is -0.457. The fourth-order valence-electron chi connectivity index (χ4n) is 1.59. The first-order valence-corrected chi connectivity index (χ1v) is 10.4. The number of hydrogen-bond acceptors (Lipinski definition) is 9. The second kappa shape index (κ2) is 16.3. The largest absolute Gasteiger partial charge is 0.396 e. The second-order valence-electron chi connectivity index (χ2n) is 4.71. The minimum absolute atomic E-state index is 0. The molecule has 0 aromatic rings. The summed E-state index contributed by atoms with van der Waals surface area (Å²) in [6.07, 6.45) is 0.382. The molecule has 3 N–H and O–H groups in total. The maximum absolute atomic E-state index is 11.4. The van der Waals surface area contributed by atoms with Gasteiger partial charge in [0.05, 0.1) is 27.5 Å². The lowest BCUT2D eigenvalue weighted by molar-refractivity contribution is 0.155. The van der Waals surface area contributed by atoms with Crippen LogP contribution in [-0.4, -0.2) is 82.6 Å². The first-order chi connectivity index (χ1) is 11.7. The number of hydrogen-bond donors (Lipinski definition) is 3. The van der Waals surface area contributed by atoms with Gasteiger partial charge in [0, 0.05) is 53.0 Å². The zero-order valence-corrected chi connectivity index (χ0v) is 16.0. The van der Waals surface area contributed by atoms with E-state index in [1.54, 1.807) is 0 Å². The molecule has 12 heteroatoms. The number of alkyl halides is 1. The van der Waals surface area contributed by atoms with Crippen LogP contribution in [0.25, 0.3) is 0 Å². The number of halogens is 1. The van der Waals surface area contributed by atoms with Gasteiger partial charge in [0.2, 0.25) is 0 Å². The lowest BCUT2D eigenvalue weighted by atomic mass is 10.2. The van der Waals surface area contributed by atoms with Crippen LogP contribution in [0.5, 0.6) is 0 Å². The smallest absolute Gasteiger partial charge is 0.330 e. The van der Waals surface area contributed by atoms with Crippen LogP contribution in [0.3, 0.4) is 0 Å². The van der Waals surface area contributed by atoms with Crippen LogP contribution in [0.4, 0.5) is 4.39 Å². The molecule has 0 radical (unpaired) electrons. The predicted octanol–water partition coefficient (Wildman–Crippen LogP) is 1.76. The Labute approximate surface area is 150 Å². The average molecular weight is 415 g/mol. The van der Waals surface area contributed by atoms with Gasteiger partial charge >= 0.3 is 15.2 Å². The summed E-state index contributed by atoms with van der Waals surface area (Å²) in [6, 6.07) is 0. The fraction of sp³-hybridized carbons (Fsp3) is 1.00. The van der Waals surface area contributed by atoms with Crippen molar-refractivity contribution in [2.75, 3.05) is 67.2 Å². The molecule has 2 unspecified atom stereocenters. The van der Waals surface area contributed by atoms with Crippen LogP contribution in [0, 0.1) is 11.8 Å². The maximum Gasteiger partial charge on any atom is 0.330 e. The van der Waals surface area contributed by atoms with Gasteiger partial charge in [-0.25, -0.2) is 0 Å². The van der Waals surface area contributed by atoms with Gasteiger partial charge in [0.15, 0.2) is 0 Å².